The highest BCUT2D eigenvalue weighted by Crippen LogP contribution is 2.41. The number of aryl methyl sites for hydroxylation is 2. The predicted molar refractivity (Wildman–Crippen MR) is 126 cm³/mol. The molecule has 5 aromatic rings. The number of rotatable bonds is 2. The van der Waals surface area contributed by atoms with Gasteiger partial charge in [-0.2, -0.15) is 9.37 Å². The lowest BCUT2D eigenvalue weighted by molar-refractivity contribution is -0.659. The van der Waals surface area contributed by atoms with Gasteiger partial charge in [0.05, 0.1) is 10.9 Å². The maximum atomic E-state index is 13.8. The van der Waals surface area contributed by atoms with Crippen molar-refractivity contribution in [2.24, 2.45) is 7.05 Å². The number of nitrogens with zero attached hydrogens (tertiary/aromatic N) is 2. The molecule has 1 aliphatic rings. The van der Waals surface area contributed by atoms with Crippen molar-refractivity contribution in [3.8, 4) is 11.3 Å². The zero-order valence-electron chi connectivity index (χ0n) is 18.7. The minimum absolute atomic E-state index is 0.345. The number of halogens is 1. The van der Waals surface area contributed by atoms with Crippen LogP contribution in [0.2, 0.25) is 0 Å². The summed E-state index contributed by atoms with van der Waals surface area (Å²) in [7, 11) is 2.08. The Morgan fingerprint density at radius 2 is 1.75 bits per heavy atom. The Kier molecular flexibility index (Phi) is 4.32. The highest BCUT2D eigenvalue weighted by molar-refractivity contribution is 6.11. The van der Waals surface area contributed by atoms with E-state index in [0.29, 0.717) is 11.6 Å². The van der Waals surface area contributed by atoms with Crippen molar-refractivity contribution < 1.29 is 13.4 Å². The summed E-state index contributed by atoms with van der Waals surface area (Å²) in [6, 6.07) is 14.4. The first-order valence-electron chi connectivity index (χ1n) is 11.4. The van der Waals surface area contributed by atoms with Crippen molar-refractivity contribution in [1.82, 2.24) is 4.98 Å². The van der Waals surface area contributed by atoms with Crippen LogP contribution in [0.1, 0.15) is 48.3 Å². The fourth-order valence-corrected chi connectivity index (χ4v) is 5.50. The molecule has 0 N–H and O–H groups in total. The Morgan fingerprint density at radius 1 is 0.969 bits per heavy atom. The zero-order valence-corrected chi connectivity index (χ0v) is 18.7. The number of benzene rings is 2. The third-order valence-electron chi connectivity index (χ3n) is 7.34. The standard InChI is InChI=1S/C28H26FN2O/c1-16-14-23-22-10-11-24(29)30-28(22)32-27(23)25(17(16)2)26-21-9-8-19(18-6-4-5-7-18)15-20(21)12-13-31(26)3/h8-15,18H,4-7H2,1-3H3/q+1. The lowest BCUT2D eigenvalue weighted by Gasteiger charge is -2.13. The third kappa shape index (κ3) is 2.85. The first-order chi connectivity index (χ1) is 15.5. The van der Waals surface area contributed by atoms with Gasteiger partial charge in [-0.1, -0.05) is 25.0 Å². The van der Waals surface area contributed by atoms with Gasteiger partial charge in [0.2, 0.25) is 17.4 Å². The van der Waals surface area contributed by atoms with Crippen molar-refractivity contribution in [3.05, 3.63) is 71.3 Å². The molecule has 0 unspecified atom stereocenters. The lowest BCUT2D eigenvalue weighted by atomic mass is 9.91. The summed E-state index contributed by atoms with van der Waals surface area (Å²) in [6.45, 7) is 4.26. The summed E-state index contributed by atoms with van der Waals surface area (Å²) in [4.78, 5) is 4.01. The summed E-state index contributed by atoms with van der Waals surface area (Å²) in [5.74, 6) is 0.155. The van der Waals surface area contributed by atoms with Gasteiger partial charge in [-0.25, -0.2) is 4.57 Å². The van der Waals surface area contributed by atoms with Crippen LogP contribution in [0.15, 0.2) is 53.1 Å². The maximum absolute atomic E-state index is 13.8. The van der Waals surface area contributed by atoms with E-state index in [1.54, 1.807) is 6.07 Å². The molecule has 4 heteroatoms. The Morgan fingerprint density at radius 3 is 2.56 bits per heavy atom. The molecule has 0 atom stereocenters. The number of hydrogen-bond donors (Lipinski definition) is 0. The molecule has 0 saturated heterocycles. The fourth-order valence-electron chi connectivity index (χ4n) is 5.50. The summed E-state index contributed by atoms with van der Waals surface area (Å²) in [5, 5.41) is 4.27. The molecule has 2 aromatic carbocycles. The Balaban J connectivity index is 1.67. The van der Waals surface area contributed by atoms with Crippen LogP contribution in [0.25, 0.3) is 44.1 Å². The van der Waals surface area contributed by atoms with Crippen LogP contribution in [-0.2, 0) is 7.05 Å². The normalized spacial score (nSPS) is 14.9. The fraction of sp³-hybridized carbons (Fsp3) is 0.286. The molecule has 0 bridgehead atoms. The lowest BCUT2D eigenvalue weighted by Crippen LogP contribution is -2.31. The molecule has 160 valence electrons. The summed E-state index contributed by atoms with van der Waals surface area (Å²) in [6.07, 6.45) is 7.38. The topological polar surface area (TPSA) is 29.9 Å². The van der Waals surface area contributed by atoms with E-state index in [1.165, 1.54) is 59.2 Å². The van der Waals surface area contributed by atoms with E-state index >= 15 is 0 Å². The SMILES string of the molecule is Cc1cc2c(oc3nc(F)ccc32)c(-c2c3ccc(C4CCCC4)cc3cc[n+]2C)c1C. The van der Waals surface area contributed by atoms with Gasteiger partial charge < -0.3 is 4.42 Å². The minimum Gasteiger partial charge on any atom is -0.437 e. The summed E-state index contributed by atoms with van der Waals surface area (Å²) >= 11 is 0. The van der Waals surface area contributed by atoms with E-state index in [9.17, 15) is 4.39 Å². The van der Waals surface area contributed by atoms with E-state index in [4.69, 9.17) is 4.42 Å². The average molecular weight is 426 g/mol. The number of fused-ring (bicyclic) bond motifs is 4. The first-order valence-corrected chi connectivity index (χ1v) is 11.4. The molecule has 0 amide bonds. The molecule has 6 rings (SSSR count). The third-order valence-corrected chi connectivity index (χ3v) is 7.34. The summed E-state index contributed by atoms with van der Waals surface area (Å²) in [5.41, 5.74) is 7.08. The monoisotopic (exact) mass is 425 g/mol. The predicted octanol–water partition coefficient (Wildman–Crippen LogP) is 7.04. The molecule has 3 nitrogen and oxygen atoms in total. The van der Waals surface area contributed by atoms with Crippen LogP contribution in [0.3, 0.4) is 0 Å². The molecule has 0 radical (unpaired) electrons. The van der Waals surface area contributed by atoms with Crippen molar-refractivity contribution in [2.45, 2.75) is 45.4 Å². The van der Waals surface area contributed by atoms with E-state index in [2.05, 4.69) is 67.0 Å². The van der Waals surface area contributed by atoms with E-state index in [-0.39, 0.29) is 0 Å². The van der Waals surface area contributed by atoms with Gasteiger partial charge >= 0.3 is 0 Å². The molecule has 0 spiro atoms. The van der Waals surface area contributed by atoms with Crippen LogP contribution < -0.4 is 4.57 Å². The quantitative estimate of drug-likeness (QED) is 0.224. The molecule has 3 aromatic heterocycles. The van der Waals surface area contributed by atoms with Crippen LogP contribution in [0.4, 0.5) is 4.39 Å². The second-order valence-corrected chi connectivity index (χ2v) is 9.26. The molecular formula is C28H26FN2O+. The highest BCUT2D eigenvalue weighted by Gasteiger charge is 2.26. The van der Waals surface area contributed by atoms with Crippen LogP contribution in [0, 0.1) is 19.8 Å². The zero-order chi connectivity index (χ0) is 22.0. The maximum Gasteiger partial charge on any atom is 0.229 e. The Hall–Kier alpha value is -3.27. The van der Waals surface area contributed by atoms with Gasteiger partial charge in [0.1, 0.15) is 7.05 Å². The highest BCUT2D eigenvalue weighted by atomic mass is 19.1. The van der Waals surface area contributed by atoms with Crippen molar-refractivity contribution in [1.29, 1.82) is 0 Å². The van der Waals surface area contributed by atoms with Crippen LogP contribution in [0.5, 0.6) is 0 Å². The van der Waals surface area contributed by atoms with E-state index < -0.39 is 5.95 Å². The number of hydrogen-bond acceptors (Lipinski definition) is 2. The average Bonchev–Trinajstić information content (AvgIpc) is 3.43. The molecule has 1 fully saturated rings. The van der Waals surface area contributed by atoms with E-state index in [0.717, 1.165) is 27.6 Å². The van der Waals surface area contributed by atoms with Crippen molar-refractivity contribution in [2.75, 3.05) is 0 Å². The Bertz CT molecular complexity index is 1530. The number of furan rings is 1. The van der Waals surface area contributed by atoms with Gasteiger partial charge in [-0.15, -0.1) is 0 Å². The molecule has 32 heavy (non-hydrogen) atoms. The molecule has 1 aliphatic carbocycles. The van der Waals surface area contributed by atoms with Gasteiger partial charge in [-0.05, 0) is 78.9 Å². The number of pyridine rings is 2. The summed E-state index contributed by atoms with van der Waals surface area (Å²) < 4.78 is 22.2. The van der Waals surface area contributed by atoms with Crippen LogP contribution in [-0.4, -0.2) is 4.98 Å². The molecule has 0 aliphatic heterocycles. The number of aromatic nitrogens is 2. The first kappa shape index (κ1) is 19.4. The van der Waals surface area contributed by atoms with Gasteiger partial charge in [0, 0.05) is 16.8 Å². The minimum atomic E-state index is -0.526. The smallest absolute Gasteiger partial charge is 0.229 e. The van der Waals surface area contributed by atoms with Crippen molar-refractivity contribution in [3.63, 3.8) is 0 Å². The molecule has 1 saturated carbocycles. The molecule has 3 heterocycles. The second-order valence-electron chi connectivity index (χ2n) is 9.26. The van der Waals surface area contributed by atoms with Gasteiger partial charge in [-0.3, -0.25) is 0 Å². The van der Waals surface area contributed by atoms with Crippen LogP contribution >= 0.6 is 0 Å². The van der Waals surface area contributed by atoms with Gasteiger partial charge in [0.25, 0.3) is 0 Å². The van der Waals surface area contributed by atoms with Gasteiger partial charge in [0.15, 0.2) is 11.8 Å². The Labute approximate surface area is 186 Å². The van der Waals surface area contributed by atoms with E-state index in [1.807, 2.05) is 0 Å². The van der Waals surface area contributed by atoms with Crippen molar-refractivity contribution >= 4 is 32.8 Å². The molecular weight excluding hydrogens is 399 g/mol. The second kappa shape index (κ2) is 7.13. The largest absolute Gasteiger partial charge is 0.437 e.